The van der Waals surface area contributed by atoms with Crippen LogP contribution in [0.15, 0.2) is 0 Å². The SMILES string of the molecule is C#CCC#CCCCCCCCCOC1CCCCO1. The predicted octanol–water partition coefficient (Wildman–Crippen LogP) is 4.29. The van der Waals surface area contributed by atoms with Gasteiger partial charge in [0.25, 0.3) is 0 Å². The number of unbranched alkanes of at least 4 members (excludes halogenated alkanes) is 6. The zero-order valence-electron chi connectivity index (χ0n) is 12.7. The summed E-state index contributed by atoms with van der Waals surface area (Å²) in [5.41, 5.74) is 0. The highest BCUT2D eigenvalue weighted by atomic mass is 16.7. The lowest BCUT2D eigenvalue weighted by Gasteiger charge is -2.22. The molecule has 0 spiro atoms. The maximum atomic E-state index is 5.71. The van der Waals surface area contributed by atoms with Crippen LogP contribution in [0.5, 0.6) is 0 Å². The maximum Gasteiger partial charge on any atom is 0.157 e. The van der Waals surface area contributed by atoms with E-state index in [0.717, 1.165) is 32.5 Å². The summed E-state index contributed by atoms with van der Waals surface area (Å²) >= 11 is 0. The smallest absolute Gasteiger partial charge is 0.157 e. The normalized spacial score (nSPS) is 18.1. The second-order valence-electron chi connectivity index (χ2n) is 5.27. The Labute approximate surface area is 124 Å². The van der Waals surface area contributed by atoms with Gasteiger partial charge in [0.1, 0.15) is 0 Å². The summed E-state index contributed by atoms with van der Waals surface area (Å²) in [5, 5.41) is 0. The van der Waals surface area contributed by atoms with E-state index in [-0.39, 0.29) is 6.29 Å². The molecule has 1 aliphatic rings. The van der Waals surface area contributed by atoms with Gasteiger partial charge in [-0.1, -0.05) is 37.5 Å². The Balaban J connectivity index is 1.76. The number of hydrogen-bond donors (Lipinski definition) is 0. The Morgan fingerprint density at radius 1 is 1.00 bits per heavy atom. The molecule has 0 aromatic rings. The van der Waals surface area contributed by atoms with Crippen LogP contribution in [-0.4, -0.2) is 19.5 Å². The molecule has 2 heteroatoms. The molecule has 2 nitrogen and oxygen atoms in total. The van der Waals surface area contributed by atoms with Crippen molar-refractivity contribution < 1.29 is 9.47 Å². The van der Waals surface area contributed by atoms with Crippen molar-refractivity contribution in [2.45, 2.75) is 76.9 Å². The van der Waals surface area contributed by atoms with Crippen molar-refractivity contribution in [3.05, 3.63) is 0 Å². The molecule has 0 bridgehead atoms. The lowest BCUT2D eigenvalue weighted by molar-refractivity contribution is -0.162. The van der Waals surface area contributed by atoms with Crippen LogP contribution in [-0.2, 0) is 9.47 Å². The molecule has 0 N–H and O–H groups in total. The van der Waals surface area contributed by atoms with Gasteiger partial charge in [-0.2, -0.15) is 0 Å². The first-order valence-corrected chi connectivity index (χ1v) is 8.06. The molecular formula is C18H28O2. The van der Waals surface area contributed by atoms with E-state index in [0.29, 0.717) is 6.42 Å². The van der Waals surface area contributed by atoms with Crippen molar-refractivity contribution in [2.24, 2.45) is 0 Å². The van der Waals surface area contributed by atoms with Crippen molar-refractivity contribution in [2.75, 3.05) is 13.2 Å². The molecule has 0 aliphatic carbocycles. The first-order valence-electron chi connectivity index (χ1n) is 8.06. The van der Waals surface area contributed by atoms with Crippen molar-refractivity contribution in [3.8, 4) is 24.2 Å². The molecule has 20 heavy (non-hydrogen) atoms. The fourth-order valence-corrected chi connectivity index (χ4v) is 2.28. The minimum atomic E-state index is 0.0744. The van der Waals surface area contributed by atoms with Crippen LogP contribution in [0, 0.1) is 24.2 Å². The molecule has 1 rings (SSSR count). The number of hydrogen-bond acceptors (Lipinski definition) is 2. The Hall–Kier alpha value is -0.960. The Morgan fingerprint density at radius 3 is 2.55 bits per heavy atom. The van der Waals surface area contributed by atoms with Crippen molar-refractivity contribution >= 4 is 0 Å². The van der Waals surface area contributed by atoms with Gasteiger partial charge in [0, 0.05) is 19.6 Å². The lowest BCUT2D eigenvalue weighted by atomic mass is 10.1. The second-order valence-corrected chi connectivity index (χ2v) is 5.27. The van der Waals surface area contributed by atoms with Gasteiger partial charge in [-0.05, 0) is 32.1 Å². The van der Waals surface area contributed by atoms with Gasteiger partial charge < -0.3 is 9.47 Å². The highest BCUT2D eigenvalue weighted by Crippen LogP contribution is 2.14. The quantitative estimate of drug-likeness (QED) is 0.462. The number of terminal acetylenes is 1. The van der Waals surface area contributed by atoms with Crippen LogP contribution < -0.4 is 0 Å². The van der Waals surface area contributed by atoms with Crippen LogP contribution in [0.4, 0.5) is 0 Å². The van der Waals surface area contributed by atoms with Gasteiger partial charge >= 0.3 is 0 Å². The topological polar surface area (TPSA) is 18.5 Å². The van der Waals surface area contributed by atoms with Crippen LogP contribution in [0.3, 0.4) is 0 Å². The standard InChI is InChI=1S/C18H28O2/c1-2-3-4-5-6-7-8-9-10-11-13-16-19-18-15-12-14-17-20-18/h1,18H,3,6-17H2. The van der Waals surface area contributed by atoms with Crippen LogP contribution in [0.1, 0.15) is 70.6 Å². The third-order valence-electron chi connectivity index (χ3n) is 3.45. The molecule has 1 fully saturated rings. The van der Waals surface area contributed by atoms with E-state index in [4.69, 9.17) is 15.9 Å². The first-order chi connectivity index (χ1) is 9.93. The molecule has 1 saturated heterocycles. The summed E-state index contributed by atoms with van der Waals surface area (Å²) < 4.78 is 11.2. The molecule has 0 aromatic carbocycles. The summed E-state index contributed by atoms with van der Waals surface area (Å²) in [7, 11) is 0. The molecule has 0 radical (unpaired) electrons. The zero-order valence-corrected chi connectivity index (χ0v) is 12.7. The van der Waals surface area contributed by atoms with Crippen LogP contribution in [0.2, 0.25) is 0 Å². The monoisotopic (exact) mass is 276 g/mol. The summed E-state index contributed by atoms with van der Waals surface area (Å²) in [4.78, 5) is 0. The van der Waals surface area contributed by atoms with E-state index in [1.807, 2.05) is 0 Å². The average Bonchev–Trinajstić information content (AvgIpc) is 2.49. The van der Waals surface area contributed by atoms with Gasteiger partial charge in [0.05, 0.1) is 6.42 Å². The molecule has 112 valence electrons. The Kier molecular flexibility index (Phi) is 11.1. The lowest BCUT2D eigenvalue weighted by Crippen LogP contribution is -2.22. The van der Waals surface area contributed by atoms with Crippen molar-refractivity contribution in [1.29, 1.82) is 0 Å². The second kappa shape index (κ2) is 13.0. The molecule has 0 amide bonds. The fraction of sp³-hybridized carbons (Fsp3) is 0.778. The summed E-state index contributed by atoms with van der Waals surface area (Å²) in [6.07, 6.45) is 17.8. The van der Waals surface area contributed by atoms with Crippen LogP contribution >= 0.6 is 0 Å². The third kappa shape index (κ3) is 9.90. The number of rotatable bonds is 9. The average molecular weight is 276 g/mol. The van der Waals surface area contributed by atoms with Crippen molar-refractivity contribution in [1.82, 2.24) is 0 Å². The fourth-order valence-electron chi connectivity index (χ4n) is 2.28. The van der Waals surface area contributed by atoms with E-state index in [1.165, 1.54) is 44.9 Å². The summed E-state index contributed by atoms with van der Waals surface area (Å²) in [5.74, 6) is 8.61. The Bertz CT molecular complexity index is 313. The van der Waals surface area contributed by atoms with Gasteiger partial charge in [-0.3, -0.25) is 0 Å². The highest BCUT2D eigenvalue weighted by Gasteiger charge is 2.13. The molecule has 1 atom stereocenters. The zero-order chi connectivity index (χ0) is 14.3. The largest absolute Gasteiger partial charge is 0.353 e. The minimum absolute atomic E-state index is 0.0744. The third-order valence-corrected chi connectivity index (χ3v) is 3.45. The van der Waals surface area contributed by atoms with Gasteiger partial charge in [-0.25, -0.2) is 0 Å². The van der Waals surface area contributed by atoms with E-state index >= 15 is 0 Å². The van der Waals surface area contributed by atoms with Gasteiger partial charge in [0.15, 0.2) is 6.29 Å². The van der Waals surface area contributed by atoms with Crippen molar-refractivity contribution in [3.63, 3.8) is 0 Å². The highest BCUT2D eigenvalue weighted by molar-refractivity contribution is 5.07. The first kappa shape index (κ1) is 17.1. The summed E-state index contributed by atoms with van der Waals surface area (Å²) in [6, 6.07) is 0. The summed E-state index contributed by atoms with van der Waals surface area (Å²) in [6.45, 7) is 1.72. The Morgan fingerprint density at radius 2 is 1.80 bits per heavy atom. The molecular weight excluding hydrogens is 248 g/mol. The van der Waals surface area contributed by atoms with E-state index in [1.54, 1.807) is 0 Å². The van der Waals surface area contributed by atoms with Gasteiger partial charge in [-0.15, -0.1) is 12.3 Å². The molecule has 1 heterocycles. The minimum Gasteiger partial charge on any atom is -0.353 e. The molecule has 0 aromatic heterocycles. The molecule has 1 aliphatic heterocycles. The predicted molar refractivity (Wildman–Crippen MR) is 83.1 cm³/mol. The number of ether oxygens (including phenoxy) is 2. The van der Waals surface area contributed by atoms with E-state index < -0.39 is 0 Å². The van der Waals surface area contributed by atoms with Gasteiger partial charge in [0.2, 0.25) is 0 Å². The molecule has 0 saturated carbocycles. The van der Waals surface area contributed by atoms with Crippen LogP contribution in [0.25, 0.3) is 0 Å². The van der Waals surface area contributed by atoms with E-state index in [2.05, 4.69) is 17.8 Å². The maximum absolute atomic E-state index is 5.71. The van der Waals surface area contributed by atoms with E-state index in [9.17, 15) is 0 Å². The molecule has 1 unspecified atom stereocenters.